The zero-order valence-electron chi connectivity index (χ0n) is 16.8. The first-order chi connectivity index (χ1) is 10.4. The van der Waals surface area contributed by atoms with Gasteiger partial charge in [0, 0.05) is 38.2 Å². The van der Waals surface area contributed by atoms with Crippen molar-refractivity contribution in [1.29, 1.82) is 0 Å². The summed E-state index contributed by atoms with van der Waals surface area (Å²) < 4.78 is 42.7. The third-order valence-corrected chi connectivity index (χ3v) is 5.21. The van der Waals surface area contributed by atoms with E-state index in [1.165, 1.54) is 0 Å². The van der Waals surface area contributed by atoms with E-state index in [2.05, 4.69) is 0 Å². The van der Waals surface area contributed by atoms with Gasteiger partial charge in [0.2, 0.25) is 0 Å². The van der Waals surface area contributed by atoms with E-state index in [9.17, 15) is 57.4 Å². The van der Waals surface area contributed by atoms with E-state index in [1.54, 1.807) is 0 Å². The van der Waals surface area contributed by atoms with Crippen LogP contribution in [-0.2, 0) is 18.3 Å². The predicted octanol–water partition coefficient (Wildman–Crippen LogP) is -21.9. The van der Waals surface area contributed by atoms with Crippen molar-refractivity contribution in [1.82, 2.24) is 9.80 Å². The summed E-state index contributed by atoms with van der Waals surface area (Å²) in [7, 11) is -21.2. The van der Waals surface area contributed by atoms with Gasteiger partial charge in [0.05, 0.1) is 0 Å². The Morgan fingerprint density at radius 2 is 0.552 bits per heavy atom. The molecule has 146 valence electrons. The Morgan fingerprint density at radius 1 is 0.414 bits per heavy atom. The van der Waals surface area contributed by atoms with Crippen LogP contribution in [0.5, 0.6) is 0 Å². The molecule has 0 aliphatic rings. The molecule has 0 spiro atoms. The maximum absolute atomic E-state index is 10.7. The van der Waals surface area contributed by atoms with Crippen molar-refractivity contribution in [2.24, 2.45) is 0 Å². The molecule has 0 aromatic carbocycles. The summed E-state index contributed by atoms with van der Waals surface area (Å²) in [5.74, 6) is 0. The van der Waals surface area contributed by atoms with Gasteiger partial charge in [-0.1, -0.05) is 30.4 Å². The van der Waals surface area contributed by atoms with Crippen LogP contribution in [0.15, 0.2) is 0 Å². The van der Waals surface area contributed by atoms with E-state index in [4.69, 9.17) is 0 Å². The Morgan fingerprint density at radius 3 is 0.655 bits per heavy atom. The minimum atomic E-state index is -5.30. The second-order valence-corrected chi connectivity index (χ2v) is 10.8. The minimum absolute atomic E-state index is 0. The smallest absolute Gasteiger partial charge is 0.810 e. The van der Waals surface area contributed by atoms with Gasteiger partial charge in [-0.3, -0.25) is 9.80 Å². The van der Waals surface area contributed by atoms with Crippen molar-refractivity contribution in [2.45, 2.75) is 0 Å². The van der Waals surface area contributed by atoms with Crippen LogP contribution < -0.4 is 296 Å². The van der Waals surface area contributed by atoms with Crippen LogP contribution in [0.3, 0.4) is 0 Å². The first-order valence-electron chi connectivity index (χ1n) is 5.85. The van der Waals surface area contributed by atoms with E-state index >= 15 is 0 Å². The van der Waals surface area contributed by atoms with E-state index in [0.717, 1.165) is 0 Å². The molecule has 29 heavy (non-hydrogen) atoms. The molecule has 0 fully saturated rings. The Hall–Kier alpha value is 8.70. The molecule has 0 N–H and O–H groups in total. The molecule has 0 amide bonds. The maximum Gasteiger partial charge on any atom is 1.00 e. The van der Waals surface area contributed by atoms with Crippen LogP contribution in [-0.4, -0.2) is 48.0 Å². The molecule has 0 aromatic heterocycles. The van der Waals surface area contributed by atoms with E-state index in [1.807, 2.05) is 0 Å². The van der Waals surface area contributed by atoms with Gasteiger partial charge >= 0.3 is 257 Å². The van der Waals surface area contributed by atoms with Crippen molar-refractivity contribution in [3.8, 4) is 0 Å². The number of rotatable bonds is 11. The zero-order valence-corrected chi connectivity index (χ0v) is 36.0. The van der Waals surface area contributed by atoms with Crippen molar-refractivity contribution < 1.29 is 314 Å². The fourth-order valence-electron chi connectivity index (χ4n) is 1.63. The third kappa shape index (κ3) is 38.9. The molecule has 0 heterocycles. The van der Waals surface area contributed by atoms with Gasteiger partial charge in [0.15, 0.2) is 0 Å². The maximum atomic E-state index is 10.7. The van der Waals surface area contributed by atoms with Gasteiger partial charge < -0.3 is 57.4 Å². The molecule has 0 aliphatic heterocycles. The molecule has 0 aliphatic carbocycles. The minimum Gasteiger partial charge on any atom is -0.810 e. The Balaban J connectivity index is -0.000000264. The molecule has 14 nitrogen and oxygen atoms in total. The second-order valence-electron chi connectivity index (χ2n) is 4.80. The van der Waals surface area contributed by atoms with Crippen molar-refractivity contribution in [3.63, 3.8) is 0 Å². The Labute approximate surface area is 381 Å². The van der Waals surface area contributed by atoms with Crippen LogP contribution in [0.25, 0.3) is 0 Å². The largest absolute Gasteiger partial charge is 1.00 e. The quantitative estimate of drug-likeness (QED) is 0.153. The van der Waals surface area contributed by atoms with Gasteiger partial charge in [0.25, 0.3) is 0 Å². The molecule has 23 heteroatoms. The van der Waals surface area contributed by atoms with E-state index < -0.39 is 68.6 Å². The third-order valence-electron chi connectivity index (χ3n) is 2.23. The van der Waals surface area contributed by atoms with Gasteiger partial charge in [-0.2, -0.15) is 0 Å². The van der Waals surface area contributed by atoms with E-state index in [-0.39, 0.29) is 257 Å². The predicted molar refractivity (Wildman–Crippen MR) is 63.3 cm³/mol. The number of hydrogen-bond donors (Lipinski definition) is 0. The van der Waals surface area contributed by atoms with Crippen molar-refractivity contribution in [2.75, 3.05) is 38.2 Å². The summed E-state index contributed by atoms with van der Waals surface area (Å²) in [6.07, 6.45) is -5.63. The molecule has 0 saturated carbocycles. The van der Waals surface area contributed by atoms with Gasteiger partial charge in [0.1, 0.15) is 0 Å². The van der Waals surface area contributed by atoms with Gasteiger partial charge in [-0.05, 0) is 0 Å². The Bertz CT molecular complexity index is 506. The molecule has 0 unspecified atom stereocenters. The molecule has 0 aromatic rings. The van der Waals surface area contributed by atoms with Crippen molar-refractivity contribution >= 4 is 30.4 Å². The average Bonchev–Trinajstić information content (AvgIpc) is 2.16. The summed E-state index contributed by atoms with van der Waals surface area (Å²) in [6, 6.07) is 0. The zero-order chi connectivity index (χ0) is 19.4. The number of nitrogens with zero attached hydrogens (tertiary/aromatic N) is 2. The summed E-state index contributed by atoms with van der Waals surface area (Å²) in [5, 5.41) is 0. The standard InChI is InChI=1S/C6H20N2O12P4.5K/c9-21(10,11)3-7(4-22(12,13)14)1-2-8(5-23(15,16)17)6-24(18,19)20;;;;;/h1-6H2,(H2,9,10,11)(H2,12,13,14)(H2,15,16,17)(H2,18,19,20);;;;;/q;5*+1/p-8. The SMILES string of the molecule is O=P([O-])([O-])CN(CCN(CP(=O)([O-])[O-])CP(=O)([O-])[O-])CP(=O)([O-])[O-].[K+].[K+].[K+].[K+].[K+]. The molecule has 0 rings (SSSR count). The summed E-state index contributed by atoms with van der Waals surface area (Å²) in [6.45, 7) is -1.55. The molecular weight excluding hydrogens is 611 g/mol. The summed E-state index contributed by atoms with van der Waals surface area (Å²) >= 11 is 0. The fourth-order valence-corrected chi connectivity index (χ4v) is 4.88. The van der Waals surface area contributed by atoms with Crippen LogP contribution in [0.4, 0.5) is 0 Å². The van der Waals surface area contributed by atoms with Crippen molar-refractivity contribution in [3.05, 3.63) is 0 Å². The van der Waals surface area contributed by atoms with Crippen LogP contribution in [0, 0.1) is 0 Å². The number of hydrogen-bond acceptors (Lipinski definition) is 14. The second kappa shape index (κ2) is 23.4. The Kier molecular flexibility index (Phi) is 40.8. The van der Waals surface area contributed by atoms with E-state index in [0.29, 0.717) is 9.80 Å². The van der Waals surface area contributed by atoms with Gasteiger partial charge in [-0.15, -0.1) is 0 Å². The fraction of sp³-hybridized carbons (Fsp3) is 1.00. The first kappa shape index (κ1) is 50.5. The molecule has 0 saturated heterocycles. The molecule has 0 bridgehead atoms. The van der Waals surface area contributed by atoms with Crippen LogP contribution >= 0.6 is 30.4 Å². The molecule has 0 radical (unpaired) electrons. The molecular formula is C6H12K5N2O12P4-3. The van der Waals surface area contributed by atoms with Crippen LogP contribution in [0.2, 0.25) is 0 Å². The summed E-state index contributed by atoms with van der Waals surface area (Å²) in [4.78, 5) is 85.9. The summed E-state index contributed by atoms with van der Waals surface area (Å²) in [5.41, 5.74) is 0. The average molecular weight is 624 g/mol. The van der Waals surface area contributed by atoms with Crippen LogP contribution in [0.1, 0.15) is 0 Å². The normalized spacial score (nSPS) is 12.1. The topological polar surface area (TPSA) is 259 Å². The monoisotopic (exact) mass is 623 g/mol. The first-order valence-corrected chi connectivity index (χ1v) is 12.8. The van der Waals surface area contributed by atoms with Gasteiger partial charge in [-0.25, -0.2) is 0 Å². The molecule has 0 atom stereocenters.